The Balaban J connectivity index is 2.30. The Labute approximate surface area is 191 Å². The van der Waals surface area contributed by atoms with Crippen LogP contribution in [0.1, 0.15) is 31.4 Å². The summed E-state index contributed by atoms with van der Waals surface area (Å²) in [6.45, 7) is 4.29. The van der Waals surface area contributed by atoms with Crippen molar-refractivity contribution in [3.05, 3.63) is 67.6 Å². The van der Waals surface area contributed by atoms with E-state index in [9.17, 15) is 9.59 Å². The molecule has 0 aliphatic carbocycles. The number of rotatable bonds is 8. The number of carbonyl (C=O) groups is 2. The smallest absolute Gasteiger partial charge is 0.242 e. The molecule has 2 aromatic rings. The van der Waals surface area contributed by atoms with E-state index < -0.39 is 6.04 Å². The largest absolute Gasteiger partial charge is 0.354 e. The Bertz CT molecular complexity index is 869. The lowest BCUT2D eigenvalue weighted by atomic mass is 10.1. The van der Waals surface area contributed by atoms with Gasteiger partial charge in [-0.3, -0.25) is 9.59 Å². The van der Waals surface area contributed by atoms with Crippen LogP contribution < -0.4 is 5.32 Å². The molecule has 8 heteroatoms. The van der Waals surface area contributed by atoms with Crippen LogP contribution >= 0.6 is 46.4 Å². The van der Waals surface area contributed by atoms with Crippen LogP contribution in [0, 0.1) is 0 Å². The van der Waals surface area contributed by atoms with Gasteiger partial charge in [0.2, 0.25) is 11.8 Å². The van der Waals surface area contributed by atoms with Crippen molar-refractivity contribution in [2.24, 2.45) is 0 Å². The molecule has 0 unspecified atom stereocenters. The van der Waals surface area contributed by atoms with Gasteiger partial charge in [-0.2, -0.15) is 0 Å². The lowest BCUT2D eigenvalue weighted by Gasteiger charge is -2.29. The maximum Gasteiger partial charge on any atom is 0.242 e. The zero-order valence-corrected chi connectivity index (χ0v) is 19.2. The van der Waals surface area contributed by atoms with Gasteiger partial charge in [0.05, 0.1) is 16.5 Å². The standard InChI is InChI=1S/C21H22Cl4N2O2/c1-3-9-26-21(29)13(2)27(12-15-16(22)5-4-6-17(15)23)20(28)11-14-7-8-18(24)19(25)10-14/h4-8,10,13H,3,9,11-12H2,1-2H3,(H,26,29)/t13-/m1/s1. The van der Waals surface area contributed by atoms with Crippen molar-refractivity contribution in [3.8, 4) is 0 Å². The molecule has 29 heavy (non-hydrogen) atoms. The minimum Gasteiger partial charge on any atom is -0.354 e. The summed E-state index contributed by atoms with van der Waals surface area (Å²) in [5, 5.41) is 4.48. The highest BCUT2D eigenvalue weighted by molar-refractivity contribution is 6.42. The second-order valence-electron chi connectivity index (χ2n) is 6.61. The average molecular weight is 476 g/mol. The van der Waals surface area contributed by atoms with Gasteiger partial charge < -0.3 is 10.2 Å². The van der Waals surface area contributed by atoms with Gasteiger partial charge in [-0.1, -0.05) is 65.5 Å². The maximum absolute atomic E-state index is 13.1. The zero-order chi connectivity index (χ0) is 21.6. The first-order chi connectivity index (χ1) is 13.7. The number of amides is 2. The molecule has 0 bridgehead atoms. The Kier molecular flexibility index (Phi) is 9.09. The first kappa shape index (κ1) is 23.8. The van der Waals surface area contributed by atoms with E-state index >= 15 is 0 Å². The Morgan fingerprint density at radius 2 is 1.66 bits per heavy atom. The first-order valence-corrected chi connectivity index (χ1v) is 10.7. The highest BCUT2D eigenvalue weighted by Gasteiger charge is 2.27. The van der Waals surface area contributed by atoms with Gasteiger partial charge in [-0.25, -0.2) is 0 Å². The van der Waals surface area contributed by atoms with E-state index in [1.54, 1.807) is 43.3 Å². The quantitative estimate of drug-likeness (QED) is 0.525. The average Bonchev–Trinajstić information content (AvgIpc) is 2.68. The summed E-state index contributed by atoms with van der Waals surface area (Å²) < 4.78 is 0. The molecule has 0 spiro atoms. The van der Waals surface area contributed by atoms with E-state index in [0.29, 0.717) is 37.8 Å². The number of nitrogens with one attached hydrogen (secondary N) is 1. The summed E-state index contributed by atoms with van der Waals surface area (Å²) in [5.74, 6) is -0.490. The van der Waals surface area contributed by atoms with Crippen molar-refractivity contribution in [1.82, 2.24) is 10.2 Å². The van der Waals surface area contributed by atoms with Crippen molar-refractivity contribution in [2.75, 3.05) is 6.54 Å². The van der Waals surface area contributed by atoms with Gasteiger partial charge >= 0.3 is 0 Å². The molecule has 0 aliphatic rings. The highest BCUT2D eigenvalue weighted by atomic mass is 35.5. The van der Waals surface area contributed by atoms with Crippen molar-refractivity contribution < 1.29 is 9.59 Å². The summed E-state index contributed by atoms with van der Waals surface area (Å²) in [5.41, 5.74) is 1.29. The summed E-state index contributed by atoms with van der Waals surface area (Å²) in [7, 11) is 0. The third kappa shape index (κ3) is 6.51. The van der Waals surface area contributed by atoms with E-state index in [1.807, 2.05) is 6.92 Å². The number of benzene rings is 2. The molecular weight excluding hydrogens is 454 g/mol. The molecule has 4 nitrogen and oxygen atoms in total. The molecule has 2 aromatic carbocycles. The van der Waals surface area contributed by atoms with E-state index in [-0.39, 0.29) is 24.8 Å². The molecule has 0 saturated carbocycles. The Morgan fingerprint density at radius 3 is 2.24 bits per heavy atom. The predicted octanol–water partition coefficient (Wildman–Crippen LogP) is 5.79. The van der Waals surface area contributed by atoms with Gasteiger partial charge in [0.15, 0.2) is 0 Å². The molecule has 2 amide bonds. The normalized spacial score (nSPS) is 11.8. The molecule has 0 aliphatic heterocycles. The van der Waals surface area contributed by atoms with Crippen molar-refractivity contribution in [2.45, 2.75) is 39.3 Å². The molecular formula is C21H22Cl4N2O2. The van der Waals surface area contributed by atoms with Gasteiger partial charge in [0.25, 0.3) is 0 Å². The van der Waals surface area contributed by atoms with E-state index in [0.717, 1.165) is 6.42 Å². The Hall–Kier alpha value is -1.46. The Morgan fingerprint density at radius 1 is 1.00 bits per heavy atom. The van der Waals surface area contributed by atoms with Gasteiger partial charge in [0.1, 0.15) is 6.04 Å². The fourth-order valence-corrected chi connectivity index (χ4v) is 3.60. The van der Waals surface area contributed by atoms with E-state index in [1.165, 1.54) is 4.90 Å². The highest BCUT2D eigenvalue weighted by Crippen LogP contribution is 2.27. The van der Waals surface area contributed by atoms with Crippen LogP contribution in [0.4, 0.5) is 0 Å². The summed E-state index contributed by atoms with van der Waals surface area (Å²) in [4.78, 5) is 27.2. The minimum absolute atomic E-state index is 0.0599. The number of hydrogen-bond donors (Lipinski definition) is 1. The fourth-order valence-electron chi connectivity index (χ4n) is 2.76. The summed E-state index contributed by atoms with van der Waals surface area (Å²) in [6.07, 6.45) is 0.858. The zero-order valence-electron chi connectivity index (χ0n) is 16.1. The van der Waals surface area contributed by atoms with Crippen LogP contribution in [-0.2, 0) is 22.6 Å². The van der Waals surface area contributed by atoms with Crippen LogP contribution in [0.3, 0.4) is 0 Å². The minimum atomic E-state index is -0.704. The number of hydrogen-bond acceptors (Lipinski definition) is 2. The van der Waals surface area contributed by atoms with Crippen LogP contribution in [0.25, 0.3) is 0 Å². The molecule has 1 N–H and O–H groups in total. The molecule has 156 valence electrons. The summed E-state index contributed by atoms with van der Waals surface area (Å²) >= 11 is 24.6. The molecule has 0 saturated heterocycles. The lowest BCUT2D eigenvalue weighted by molar-refractivity contribution is -0.140. The molecule has 0 aromatic heterocycles. The second kappa shape index (κ2) is 11.1. The predicted molar refractivity (Wildman–Crippen MR) is 120 cm³/mol. The number of carbonyl (C=O) groups excluding carboxylic acids is 2. The second-order valence-corrected chi connectivity index (χ2v) is 8.24. The molecule has 0 fully saturated rings. The van der Waals surface area contributed by atoms with E-state index in [4.69, 9.17) is 46.4 Å². The number of halogens is 4. The third-order valence-electron chi connectivity index (χ3n) is 4.45. The summed E-state index contributed by atoms with van der Waals surface area (Å²) in [6, 6.07) is 9.44. The van der Waals surface area contributed by atoms with Crippen molar-refractivity contribution in [3.63, 3.8) is 0 Å². The van der Waals surface area contributed by atoms with Crippen LogP contribution in [0.2, 0.25) is 20.1 Å². The molecule has 0 radical (unpaired) electrons. The third-order valence-corrected chi connectivity index (χ3v) is 5.89. The fraction of sp³-hybridized carbons (Fsp3) is 0.333. The molecule has 1 atom stereocenters. The van der Waals surface area contributed by atoms with Crippen molar-refractivity contribution >= 4 is 58.2 Å². The van der Waals surface area contributed by atoms with Gasteiger partial charge in [-0.05, 0) is 43.2 Å². The molecule has 2 rings (SSSR count). The lowest BCUT2D eigenvalue weighted by Crippen LogP contribution is -2.48. The topological polar surface area (TPSA) is 49.4 Å². The van der Waals surface area contributed by atoms with Gasteiger partial charge in [0, 0.05) is 28.7 Å². The van der Waals surface area contributed by atoms with Crippen LogP contribution in [0.5, 0.6) is 0 Å². The SMILES string of the molecule is CCCNC(=O)[C@@H](C)N(Cc1c(Cl)cccc1Cl)C(=O)Cc1ccc(Cl)c(Cl)c1. The molecule has 0 heterocycles. The van der Waals surface area contributed by atoms with Crippen molar-refractivity contribution in [1.29, 1.82) is 0 Å². The van der Waals surface area contributed by atoms with Crippen LogP contribution in [-0.4, -0.2) is 29.3 Å². The van der Waals surface area contributed by atoms with Crippen LogP contribution in [0.15, 0.2) is 36.4 Å². The maximum atomic E-state index is 13.1. The first-order valence-electron chi connectivity index (χ1n) is 9.18. The monoisotopic (exact) mass is 474 g/mol. The van der Waals surface area contributed by atoms with E-state index in [2.05, 4.69) is 5.32 Å². The number of nitrogens with zero attached hydrogens (tertiary/aromatic N) is 1. The van der Waals surface area contributed by atoms with Gasteiger partial charge in [-0.15, -0.1) is 0 Å².